The number of nitrogens with one attached hydrogen (secondary N) is 1. The van der Waals surface area contributed by atoms with Gasteiger partial charge in [-0.3, -0.25) is 4.90 Å². The first-order chi connectivity index (χ1) is 6.45. The maximum absolute atomic E-state index is 3.42. The van der Waals surface area contributed by atoms with Gasteiger partial charge in [-0.1, -0.05) is 6.07 Å². The van der Waals surface area contributed by atoms with Crippen LogP contribution >= 0.6 is 11.3 Å². The lowest BCUT2D eigenvalue weighted by atomic mass is 10.3. The third kappa shape index (κ3) is 2.79. The maximum Gasteiger partial charge on any atom is 0.0328 e. The van der Waals surface area contributed by atoms with E-state index < -0.39 is 0 Å². The smallest absolute Gasteiger partial charge is 0.0328 e. The van der Waals surface area contributed by atoms with Gasteiger partial charge >= 0.3 is 0 Å². The topological polar surface area (TPSA) is 15.3 Å². The molecule has 0 saturated carbocycles. The Morgan fingerprint density at radius 3 is 3.23 bits per heavy atom. The van der Waals surface area contributed by atoms with Crippen LogP contribution in [-0.2, 0) is 6.54 Å². The molecule has 1 fully saturated rings. The first kappa shape index (κ1) is 9.19. The summed E-state index contributed by atoms with van der Waals surface area (Å²) < 4.78 is 0. The number of hydrogen-bond donors (Lipinski definition) is 1. The van der Waals surface area contributed by atoms with E-state index in [-0.39, 0.29) is 0 Å². The highest BCUT2D eigenvalue weighted by Crippen LogP contribution is 2.12. The second-order valence-electron chi connectivity index (χ2n) is 3.46. The molecule has 2 heterocycles. The summed E-state index contributed by atoms with van der Waals surface area (Å²) in [4.78, 5) is 4.02. The van der Waals surface area contributed by atoms with Crippen molar-refractivity contribution in [3.8, 4) is 0 Å². The zero-order valence-corrected chi connectivity index (χ0v) is 8.65. The minimum absolute atomic E-state index is 1.14. The zero-order valence-electron chi connectivity index (χ0n) is 7.83. The Morgan fingerprint density at radius 2 is 2.38 bits per heavy atom. The fraction of sp³-hybridized carbons (Fsp3) is 0.600. The van der Waals surface area contributed by atoms with Crippen LogP contribution in [-0.4, -0.2) is 31.1 Å². The van der Waals surface area contributed by atoms with Crippen LogP contribution in [0.2, 0.25) is 0 Å². The first-order valence-electron chi connectivity index (χ1n) is 4.90. The molecule has 2 nitrogen and oxygen atoms in total. The third-order valence-electron chi connectivity index (χ3n) is 2.39. The van der Waals surface area contributed by atoms with Crippen molar-refractivity contribution in [1.82, 2.24) is 10.2 Å². The van der Waals surface area contributed by atoms with Crippen molar-refractivity contribution in [3.05, 3.63) is 22.4 Å². The van der Waals surface area contributed by atoms with Gasteiger partial charge in [-0.2, -0.15) is 0 Å². The van der Waals surface area contributed by atoms with Crippen LogP contribution in [0.1, 0.15) is 11.3 Å². The number of nitrogens with zero attached hydrogens (tertiary/aromatic N) is 1. The average molecular weight is 196 g/mol. The highest BCUT2D eigenvalue weighted by atomic mass is 32.1. The molecule has 2 rings (SSSR count). The van der Waals surface area contributed by atoms with Crippen molar-refractivity contribution >= 4 is 11.3 Å². The molecule has 1 saturated heterocycles. The van der Waals surface area contributed by atoms with Gasteiger partial charge in [0.2, 0.25) is 0 Å². The molecule has 0 aliphatic carbocycles. The highest BCUT2D eigenvalue weighted by Gasteiger charge is 2.08. The SMILES string of the molecule is c1csc(CN2CCCNCC2)c1. The van der Waals surface area contributed by atoms with Crippen LogP contribution in [0.3, 0.4) is 0 Å². The number of thiophene rings is 1. The molecule has 1 aromatic rings. The van der Waals surface area contributed by atoms with Gasteiger partial charge in [0.1, 0.15) is 0 Å². The fourth-order valence-electron chi connectivity index (χ4n) is 1.68. The molecule has 13 heavy (non-hydrogen) atoms. The first-order valence-corrected chi connectivity index (χ1v) is 5.78. The minimum Gasteiger partial charge on any atom is -0.315 e. The lowest BCUT2D eigenvalue weighted by Crippen LogP contribution is -2.27. The lowest BCUT2D eigenvalue weighted by molar-refractivity contribution is 0.287. The molecule has 0 atom stereocenters. The molecule has 1 aliphatic heterocycles. The molecule has 0 aromatic carbocycles. The monoisotopic (exact) mass is 196 g/mol. The average Bonchev–Trinajstić information content (AvgIpc) is 2.49. The normalized spacial score (nSPS) is 20.0. The molecule has 0 unspecified atom stereocenters. The second kappa shape index (κ2) is 4.74. The quantitative estimate of drug-likeness (QED) is 0.772. The van der Waals surface area contributed by atoms with Crippen LogP contribution < -0.4 is 5.32 Å². The molecule has 3 heteroatoms. The summed E-state index contributed by atoms with van der Waals surface area (Å²) in [5.74, 6) is 0. The van der Waals surface area contributed by atoms with E-state index in [4.69, 9.17) is 0 Å². The number of hydrogen-bond acceptors (Lipinski definition) is 3. The Bertz CT molecular complexity index is 225. The van der Waals surface area contributed by atoms with E-state index in [1.54, 1.807) is 0 Å². The van der Waals surface area contributed by atoms with E-state index in [0.29, 0.717) is 0 Å². The van der Waals surface area contributed by atoms with E-state index in [2.05, 4.69) is 27.7 Å². The summed E-state index contributed by atoms with van der Waals surface area (Å²) in [5.41, 5.74) is 0. The lowest BCUT2D eigenvalue weighted by Gasteiger charge is -2.17. The Kier molecular flexibility index (Phi) is 3.35. The molecule has 72 valence electrons. The maximum atomic E-state index is 3.42. The molecule has 0 bridgehead atoms. The van der Waals surface area contributed by atoms with Crippen molar-refractivity contribution in [2.75, 3.05) is 26.2 Å². The van der Waals surface area contributed by atoms with E-state index in [1.165, 1.54) is 30.9 Å². The third-order valence-corrected chi connectivity index (χ3v) is 3.25. The highest BCUT2D eigenvalue weighted by molar-refractivity contribution is 7.09. The predicted molar refractivity (Wildman–Crippen MR) is 57.1 cm³/mol. The van der Waals surface area contributed by atoms with Gasteiger partial charge in [0.05, 0.1) is 0 Å². The summed E-state index contributed by atoms with van der Waals surface area (Å²) in [6, 6.07) is 4.36. The molecule has 0 amide bonds. The summed E-state index contributed by atoms with van der Waals surface area (Å²) in [5, 5.41) is 5.58. The summed E-state index contributed by atoms with van der Waals surface area (Å²) in [7, 11) is 0. The molecule has 0 radical (unpaired) electrons. The summed E-state index contributed by atoms with van der Waals surface area (Å²) >= 11 is 1.86. The van der Waals surface area contributed by atoms with E-state index in [1.807, 2.05) is 11.3 Å². The standard InChI is InChI=1S/C10H16N2S/c1-3-10(13-8-1)9-12-6-2-4-11-5-7-12/h1,3,8,11H,2,4-7,9H2. The predicted octanol–water partition coefficient (Wildman–Crippen LogP) is 1.54. The molecule has 1 aromatic heterocycles. The van der Waals surface area contributed by atoms with Crippen molar-refractivity contribution in [2.45, 2.75) is 13.0 Å². The fourth-order valence-corrected chi connectivity index (χ4v) is 2.43. The van der Waals surface area contributed by atoms with Crippen molar-refractivity contribution in [2.24, 2.45) is 0 Å². The van der Waals surface area contributed by atoms with Gasteiger partial charge < -0.3 is 5.32 Å². The summed E-state index contributed by atoms with van der Waals surface area (Å²) in [6.45, 7) is 5.90. The Morgan fingerprint density at radius 1 is 1.38 bits per heavy atom. The Balaban J connectivity index is 1.86. The van der Waals surface area contributed by atoms with Crippen LogP contribution in [0.4, 0.5) is 0 Å². The van der Waals surface area contributed by atoms with Crippen molar-refractivity contribution < 1.29 is 0 Å². The molecule has 1 aliphatic rings. The Labute approximate surface area is 83.6 Å². The van der Waals surface area contributed by atoms with Gasteiger partial charge in [-0.25, -0.2) is 0 Å². The largest absolute Gasteiger partial charge is 0.315 e. The van der Waals surface area contributed by atoms with Gasteiger partial charge in [-0.15, -0.1) is 11.3 Å². The molecular formula is C10H16N2S. The van der Waals surface area contributed by atoms with Crippen LogP contribution in [0.5, 0.6) is 0 Å². The van der Waals surface area contributed by atoms with Crippen LogP contribution in [0, 0.1) is 0 Å². The van der Waals surface area contributed by atoms with Crippen LogP contribution in [0.25, 0.3) is 0 Å². The molecular weight excluding hydrogens is 180 g/mol. The van der Waals surface area contributed by atoms with E-state index in [0.717, 1.165) is 13.1 Å². The minimum atomic E-state index is 1.14. The van der Waals surface area contributed by atoms with Crippen molar-refractivity contribution in [3.63, 3.8) is 0 Å². The van der Waals surface area contributed by atoms with Crippen molar-refractivity contribution in [1.29, 1.82) is 0 Å². The second-order valence-corrected chi connectivity index (χ2v) is 4.49. The van der Waals surface area contributed by atoms with Gasteiger partial charge in [0.25, 0.3) is 0 Å². The van der Waals surface area contributed by atoms with E-state index in [9.17, 15) is 0 Å². The summed E-state index contributed by atoms with van der Waals surface area (Å²) in [6.07, 6.45) is 1.28. The zero-order chi connectivity index (χ0) is 8.93. The Hall–Kier alpha value is -0.380. The molecule has 1 N–H and O–H groups in total. The van der Waals surface area contributed by atoms with E-state index >= 15 is 0 Å². The van der Waals surface area contributed by atoms with Gasteiger partial charge in [0, 0.05) is 24.5 Å². The van der Waals surface area contributed by atoms with Gasteiger partial charge in [-0.05, 0) is 31.0 Å². The molecule has 0 spiro atoms. The van der Waals surface area contributed by atoms with Crippen LogP contribution in [0.15, 0.2) is 17.5 Å². The number of rotatable bonds is 2. The van der Waals surface area contributed by atoms with Gasteiger partial charge in [0.15, 0.2) is 0 Å².